The number of ether oxygens (including phenoxy) is 2. The molecule has 0 radical (unpaired) electrons. The molecule has 4 aromatic carbocycles. The van der Waals surface area contributed by atoms with Gasteiger partial charge < -0.3 is 9.47 Å². The van der Waals surface area contributed by atoms with Crippen LogP contribution >= 0.6 is 11.8 Å². The summed E-state index contributed by atoms with van der Waals surface area (Å²) < 4.78 is 10.3. The number of anilines is 1. The fourth-order valence-corrected chi connectivity index (χ4v) is 4.82. The van der Waals surface area contributed by atoms with Gasteiger partial charge >= 0.3 is 5.97 Å². The number of Topliss-reactive ketones (excluding diaryl/α,β-unsaturated/α-hetero) is 1. The summed E-state index contributed by atoms with van der Waals surface area (Å²) in [5, 5.41) is 0. The number of carbonyl (C=O) groups excluding carboxylic acids is 4. The summed E-state index contributed by atoms with van der Waals surface area (Å²) in [7, 11) is 1.49. The van der Waals surface area contributed by atoms with Crippen LogP contribution in [0.2, 0.25) is 0 Å². The molecule has 4 aromatic rings. The Morgan fingerprint density at radius 2 is 1.45 bits per heavy atom. The van der Waals surface area contributed by atoms with E-state index < -0.39 is 30.2 Å². The van der Waals surface area contributed by atoms with E-state index in [1.807, 2.05) is 42.5 Å². The highest BCUT2D eigenvalue weighted by Gasteiger charge is 2.37. The molecule has 1 aliphatic heterocycles. The molecule has 8 heteroatoms. The molecule has 0 aliphatic carbocycles. The average Bonchev–Trinajstić information content (AvgIpc) is 3.21. The van der Waals surface area contributed by atoms with Gasteiger partial charge in [0.15, 0.2) is 12.4 Å². The van der Waals surface area contributed by atoms with Gasteiger partial charge in [-0.05, 0) is 66.7 Å². The highest BCUT2D eigenvalue weighted by atomic mass is 32.2. The molecular weight excluding hydrogens is 502 g/mol. The molecule has 188 valence electrons. The van der Waals surface area contributed by atoms with E-state index >= 15 is 0 Å². The number of hydrogen-bond acceptors (Lipinski definition) is 7. The lowest BCUT2D eigenvalue weighted by Gasteiger charge is -2.14. The van der Waals surface area contributed by atoms with Gasteiger partial charge in [0, 0.05) is 15.4 Å². The maximum Gasteiger partial charge on any atom is 0.338 e. The second-order valence-corrected chi connectivity index (χ2v) is 9.49. The SMILES string of the molecule is COc1cccc(C(=O)COC(=O)c2ccc3c(c2)C(=O)N(c2ccc(Sc4ccccc4)cc2)C3=O)c1. The summed E-state index contributed by atoms with van der Waals surface area (Å²) in [4.78, 5) is 54.3. The molecule has 0 saturated heterocycles. The largest absolute Gasteiger partial charge is 0.497 e. The number of benzene rings is 4. The summed E-state index contributed by atoms with van der Waals surface area (Å²) >= 11 is 1.57. The lowest BCUT2D eigenvalue weighted by molar-refractivity contribution is 0.0474. The molecule has 2 amide bonds. The first kappa shape index (κ1) is 25.0. The van der Waals surface area contributed by atoms with Gasteiger partial charge in [-0.2, -0.15) is 0 Å². The number of esters is 1. The molecule has 7 nitrogen and oxygen atoms in total. The normalized spacial score (nSPS) is 12.3. The van der Waals surface area contributed by atoms with Crippen LogP contribution in [0, 0.1) is 0 Å². The van der Waals surface area contributed by atoms with Crippen molar-refractivity contribution in [1.29, 1.82) is 0 Å². The number of rotatable bonds is 8. The van der Waals surface area contributed by atoms with Crippen LogP contribution in [0.4, 0.5) is 5.69 Å². The Hall–Kier alpha value is -4.69. The Kier molecular flexibility index (Phi) is 7.06. The number of amides is 2. The van der Waals surface area contributed by atoms with Crippen LogP contribution in [-0.4, -0.2) is 37.3 Å². The summed E-state index contributed by atoms with van der Waals surface area (Å²) in [6, 6.07) is 27.7. The topological polar surface area (TPSA) is 90.0 Å². The standard InChI is InChI=1S/C30H21NO6S/c1-36-22-7-5-6-19(16-22)27(32)18-37-30(35)20-10-15-25-26(17-20)29(34)31(28(25)33)21-11-13-24(14-12-21)38-23-8-3-2-4-9-23/h2-17H,18H2,1H3. The number of nitrogens with zero attached hydrogens (tertiary/aromatic N) is 1. The monoisotopic (exact) mass is 523 g/mol. The fraction of sp³-hybridized carbons (Fsp3) is 0.0667. The predicted octanol–water partition coefficient (Wildman–Crippen LogP) is 5.69. The van der Waals surface area contributed by atoms with E-state index in [9.17, 15) is 19.2 Å². The average molecular weight is 524 g/mol. The van der Waals surface area contributed by atoms with Crippen LogP contribution < -0.4 is 9.64 Å². The van der Waals surface area contributed by atoms with Crippen molar-refractivity contribution in [2.45, 2.75) is 9.79 Å². The molecule has 0 aromatic heterocycles. The Balaban J connectivity index is 1.27. The van der Waals surface area contributed by atoms with E-state index in [1.165, 1.54) is 25.3 Å². The maximum atomic E-state index is 13.2. The molecule has 0 bridgehead atoms. The summed E-state index contributed by atoms with van der Waals surface area (Å²) in [6.45, 7) is -0.477. The van der Waals surface area contributed by atoms with Crippen molar-refractivity contribution in [2.75, 3.05) is 18.6 Å². The summed E-state index contributed by atoms with van der Waals surface area (Å²) in [6.07, 6.45) is 0. The second-order valence-electron chi connectivity index (χ2n) is 8.35. The van der Waals surface area contributed by atoms with E-state index in [4.69, 9.17) is 9.47 Å². The van der Waals surface area contributed by atoms with Crippen molar-refractivity contribution in [3.8, 4) is 5.75 Å². The number of hydrogen-bond donors (Lipinski definition) is 0. The van der Waals surface area contributed by atoms with Gasteiger partial charge in [-0.15, -0.1) is 0 Å². The molecule has 5 rings (SSSR count). The minimum atomic E-state index is -0.773. The van der Waals surface area contributed by atoms with Crippen molar-refractivity contribution in [3.63, 3.8) is 0 Å². The van der Waals surface area contributed by atoms with Crippen LogP contribution in [-0.2, 0) is 4.74 Å². The molecule has 38 heavy (non-hydrogen) atoms. The van der Waals surface area contributed by atoms with Crippen LogP contribution in [0.25, 0.3) is 0 Å². The van der Waals surface area contributed by atoms with Gasteiger partial charge in [-0.1, -0.05) is 42.1 Å². The van der Waals surface area contributed by atoms with E-state index in [2.05, 4.69) is 0 Å². The third kappa shape index (κ3) is 5.07. The Morgan fingerprint density at radius 3 is 2.18 bits per heavy atom. The fourth-order valence-electron chi connectivity index (χ4n) is 3.98. The van der Waals surface area contributed by atoms with Gasteiger partial charge in [0.1, 0.15) is 5.75 Å². The van der Waals surface area contributed by atoms with E-state index in [-0.39, 0.29) is 16.7 Å². The zero-order chi connectivity index (χ0) is 26.6. The summed E-state index contributed by atoms with van der Waals surface area (Å²) in [5.41, 5.74) is 1.14. The van der Waals surface area contributed by atoms with Crippen LogP contribution in [0.15, 0.2) is 107 Å². The molecule has 1 aliphatic rings. The number of carbonyl (C=O) groups is 4. The molecule has 0 fully saturated rings. The Labute approximate surface area is 223 Å². The number of ketones is 1. The molecular formula is C30H21NO6S. The lowest BCUT2D eigenvalue weighted by Crippen LogP contribution is -2.29. The first-order valence-corrected chi connectivity index (χ1v) is 12.5. The van der Waals surface area contributed by atoms with Crippen LogP contribution in [0.1, 0.15) is 41.4 Å². The Bertz CT molecular complexity index is 1550. The van der Waals surface area contributed by atoms with Gasteiger partial charge in [0.05, 0.1) is 29.5 Å². The van der Waals surface area contributed by atoms with Crippen molar-refractivity contribution >= 4 is 41.0 Å². The van der Waals surface area contributed by atoms with Crippen molar-refractivity contribution < 1.29 is 28.7 Å². The third-order valence-corrected chi connectivity index (χ3v) is 6.94. The predicted molar refractivity (Wildman–Crippen MR) is 142 cm³/mol. The first-order valence-electron chi connectivity index (χ1n) is 11.6. The molecule has 0 atom stereocenters. The maximum absolute atomic E-state index is 13.2. The van der Waals surface area contributed by atoms with E-state index in [1.54, 1.807) is 48.2 Å². The van der Waals surface area contributed by atoms with E-state index in [0.29, 0.717) is 17.0 Å². The molecule has 1 heterocycles. The van der Waals surface area contributed by atoms with Crippen LogP contribution in [0.3, 0.4) is 0 Å². The zero-order valence-electron chi connectivity index (χ0n) is 20.2. The number of fused-ring (bicyclic) bond motifs is 1. The third-order valence-electron chi connectivity index (χ3n) is 5.92. The second kappa shape index (κ2) is 10.7. The summed E-state index contributed by atoms with van der Waals surface area (Å²) in [5.74, 6) is -1.66. The highest BCUT2D eigenvalue weighted by molar-refractivity contribution is 7.99. The van der Waals surface area contributed by atoms with E-state index in [0.717, 1.165) is 14.7 Å². The quantitative estimate of drug-likeness (QED) is 0.167. The minimum Gasteiger partial charge on any atom is -0.497 e. The number of methoxy groups -OCH3 is 1. The van der Waals surface area contributed by atoms with Crippen molar-refractivity contribution in [3.05, 3.63) is 119 Å². The van der Waals surface area contributed by atoms with Gasteiger partial charge in [-0.3, -0.25) is 14.4 Å². The highest BCUT2D eigenvalue weighted by Crippen LogP contribution is 2.33. The van der Waals surface area contributed by atoms with Gasteiger partial charge in [0.2, 0.25) is 0 Å². The molecule has 0 N–H and O–H groups in total. The molecule has 0 saturated carbocycles. The lowest BCUT2D eigenvalue weighted by atomic mass is 10.1. The first-order chi connectivity index (χ1) is 18.4. The Morgan fingerprint density at radius 1 is 0.737 bits per heavy atom. The molecule has 0 spiro atoms. The van der Waals surface area contributed by atoms with Crippen LogP contribution in [0.5, 0.6) is 5.75 Å². The van der Waals surface area contributed by atoms with Gasteiger partial charge in [-0.25, -0.2) is 9.69 Å². The smallest absolute Gasteiger partial charge is 0.338 e. The minimum absolute atomic E-state index is 0.0693. The number of imide groups is 1. The zero-order valence-corrected chi connectivity index (χ0v) is 21.1. The van der Waals surface area contributed by atoms with Gasteiger partial charge in [0.25, 0.3) is 11.8 Å². The van der Waals surface area contributed by atoms with Crippen molar-refractivity contribution in [1.82, 2.24) is 0 Å². The van der Waals surface area contributed by atoms with Crippen molar-refractivity contribution in [2.24, 2.45) is 0 Å². The molecule has 0 unspecified atom stereocenters.